The molecule has 0 aliphatic carbocycles. The first-order valence-corrected chi connectivity index (χ1v) is 12.4. The molecule has 38 heavy (non-hydrogen) atoms. The Hall–Kier alpha value is -4.39. The third-order valence-corrected chi connectivity index (χ3v) is 7.08. The van der Waals surface area contributed by atoms with Crippen LogP contribution in [0.25, 0.3) is 38.8 Å². The molecule has 3 aromatic carbocycles. The van der Waals surface area contributed by atoms with Gasteiger partial charge < -0.3 is 0 Å². The quantitative estimate of drug-likeness (QED) is 0.247. The zero-order valence-electron chi connectivity index (χ0n) is 20.9. The minimum atomic E-state index is -4.40. The molecule has 0 saturated heterocycles. The summed E-state index contributed by atoms with van der Waals surface area (Å²) in [5.74, 6) is 0.853. The number of alkyl halides is 3. The maximum atomic E-state index is 13.3. The normalized spacial score (nSPS) is 11.8. The lowest BCUT2D eigenvalue weighted by Crippen LogP contribution is -2.41. The molecule has 0 spiro atoms. The lowest BCUT2D eigenvalue weighted by atomic mass is 9.44. The van der Waals surface area contributed by atoms with Crippen molar-refractivity contribution in [2.24, 2.45) is 0 Å². The number of nitrogens with zero attached hydrogens (tertiary/aromatic N) is 3. The first-order valence-electron chi connectivity index (χ1n) is 12.4. The van der Waals surface area contributed by atoms with Gasteiger partial charge >= 0.3 is 6.18 Å². The molecule has 0 saturated carbocycles. The second kappa shape index (κ2) is 9.17. The molecule has 3 heterocycles. The van der Waals surface area contributed by atoms with Crippen LogP contribution in [0.5, 0.6) is 0 Å². The average molecular weight is 505 g/mol. The minimum absolute atomic E-state index is 0.302. The number of aryl methyl sites for hydroxylation is 1. The number of pyridine rings is 2. The van der Waals surface area contributed by atoms with Crippen LogP contribution in [0.15, 0.2) is 103 Å². The van der Waals surface area contributed by atoms with E-state index in [2.05, 4.69) is 57.9 Å². The van der Waals surface area contributed by atoms with Gasteiger partial charge in [0.2, 0.25) is 6.71 Å². The molecule has 0 N–H and O–H groups in total. The van der Waals surface area contributed by atoms with Crippen molar-refractivity contribution < 1.29 is 13.2 Å². The molecule has 6 aromatic rings. The molecular weight excluding hydrogens is 482 g/mol. The number of halogens is 3. The standard InChI is InChI=1S/C31H23BF3N3/c1-20-12-14-37-30(16-20)38-27-9-4-3-8-25(27)26-11-10-22(18-28(26)38)21-6-5-7-24(17-21)32(2)29-19-23(13-15-36-29)31(33,34)35/h3-19H,1-2H3. The number of aromatic nitrogens is 3. The van der Waals surface area contributed by atoms with Gasteiger partial charge in [0.1, 0.15) is 5.82 Å². The van der Waals surface area contributed by atoms with Crippen molar-refractivity contribution in [3.63, 3.8) is 0 Å². The zero-order chi connectivity index (χ0) is 26.4. The molecule has 7 heteroatoms. The third-order valence-electron chi connectivity index (χ3n) is 7.08. The molecule has 0 fully saturated rings. The lowest BCUT2D eigenvalue weighted by molar-refractivity contribution is -0.137. The van der Waals surface area contributed by atoms with E-state index in [0.29, 0.717) is 5.59 Å². The Morgan fingerprint density at radius 2 is 1.47 bits per heavy atom. The van der Waals surface area contributed by atoms with E-state index in [4.69, 9.17) is 0 Å². The van der Waals surface area contributed by atoms with Gasteiger partial charge in [0.25, 0.3) is 0 Å². The van der Waals surface area contributed by atoms with Crippen LogP contribution in [0, 0.1) is 6.92 Å². The summed E-state index contributed by atoms with van der Waals surface area (Å²) < 4.78 is 42.0. The molecular formula is C31H23BF3N3. The average Bonchev–Trinajstić information content (AvgIpc) is 3.26. The maximum Gasteiger partial charge on any atom is 0.416 e. The molecule has 0 aliphatic rings. The molecule has 0 amide bonds. The molecule has 0 bridgehead atoms. The molecule has 6 rings (SSSR count). The second-order valence-electron chi connectivity index (χ2n) is 9.59. The number of fused-ring (bicyclic) bond motifs is 3. The van der Waals surface area contributed by atoms with Gasteiger partial charge in [-0.05, 0) is 60.0 Å². The predicted molar refractivity (Wildman–Crippen MR) is 149 cm³/mol. The van der Waals surface area contributed by atoms with Crippen LogP contribution in [0.2, 0.25) is 6.82 Å². The van der Waals surface area contributed by atoms with E-state index in [9.17, 15) is 13.2 Å². The van der Waals surface area contributed by atoms with E-state index in [1.807, 2.05) is 55.5 Å². The number of hydrogen-bond acceptors (Lipinski definition) is 2. The molecule has 0 aliphatic heterocycles. The monoisotopic (exact) mass is 505 g/mol. The van der Waals surface area contributed by atoms with Crippen LogP contribution in [-0.2, 0) is 6.18 Å². The van der Waals surface area contributed by atoms with Crippen molar-refractivity contribution >= 4 is 39.6 Å². The summed E-state index contributed by atoms with van der Waals surface area (Å²) in [6, 6.07) is 28.8. The number of hydrogen-bond donors (Lipinski definition) is 0. The lowest BCUT2D eigenvalue weighted by Gasteiger charge is -2.13. The number of rotatable bonds is 4. The SMILES string of the molecule is CB(c1cccc(-c2ccc3c4ccccc4n(-c4cc(C)ccn4)c3c2)c1)c1cc(C(F)(F)F)ccn1. The van der Waals surface area contributed by atoms with Crippen LogP contribution in [0.4, 0.5) is 13.2 Å². The Morgan fingerprint density at radius 1 is 0.711 bits per heavy atom. The van der Waals surface area contributed by atoms with E-state index >= 15 is 0 Å². The van der Waals surface area contributed by atoms with E-state index < -0.39 is 11.7 Å². The van der Waals surface area contributed by atoms with Crippen molar-refractivity contribution in [1.29, 1.82) is 0 Å². The first kappa shape index (κ1) is 24.0. The van der Waals surface area contributed by atoms with Crippen LogP contribution < -0.4 is 11.1 Å². The molecule has 0 unspecified atom stereocenters. The van der Waals surface area contributed by atoms with Gasteiger partial charge in [0.15, 0.2) is 0 Å². The summed E-state index contributed by atoms with van der Waals surface area (Å²) in [5.41, 5.74) is 5.84. The highest BCUT2D eigenvalue weighted by Crippen LogP contribution is 2.34. The van der Waals surface area contributed by atoms with Crippen molar-refractivity contribution in [2.75, 3.05) is 0 Å². The number of benzene rings is 3. The summed E-state index contributed by atoms with van der Waals surface area (Å²) in [5, 5.41) is 2.28. The van der Waals surface area contributed by atoms with Crippen LogP contribution in [-0.4, -0.2) is 21.2 Å². The fourth-order valence-electron chi connectivity index (χ4n) is 5.06. The van der Waals surface area contributed by atoms with E-state index in [1.54, 1.807) is 0 Å². The van der Waals surface area contributed by atoms with E-state index in [0.717, 1.165) is 61.9 Å². The van der Waals surface area contributed by atoms with Crippen LogP contribution in [0.1, 0.15) is 11.1 Å². The van der Waals surface area contributed by atoms with Gasteiger partial charge in [0, 0.05) is 28.8 Å². The molecule has 3 aromatic heterocycles. The molecule has 0 atom stereocenters. The van der Waals surface area contributed by atoms with Gasteiger partial charge in [-0.3, -0.25) is 9.55 Å². The largest absolute Gasteiger partial charge is 0.416 e. The van der Waals surface area contributed by atoms with Gasteiger partial charge in [-0.1, -0.05) is 66.9 Å². The van der Waals surface area contributed by atoms with Crippen molar-refractivity contribution in [1.82, 2.24) is 14.5 Å². The highest BCUT2D eigenvalue weighted by Gasteiger charge is 2.31. The molecule has 186 valence electrons. The minimum Gasteiger partial charge on any atom is -0.294 e. The van der Waals surface area contributed by atoms with Gasteiger partial charge in [-0.25, -0.2) is 4.98 Å². The predicted octanol–water partition coefficient (Wildman–Crippen LogP) is 6.81. The maximum absolute atomic E-state index is 13.3. The fraction of sp³-hybridized carbons (Fsp3) is 0.0968. The molecule has 0 radical (unpaired) electrons. The first-order chi connectivity index (χ1) is 18.3. The van der Waals surface area contributed by atoms with Crippen LogP contribution >= 0.6 is 0 Å². The summed E-state index contributed by atoms with van der Waals surface area (Å²) in [6.45, 7) is 3.63. The Kier molecular flexibility index (Phi) is 5.79. The Morgan fingerprint density at radius 3 is 2.29 bits per heavy atom. The Labute approximate surface area is 218 Å². The van der Waals surface area contributed by atoms with Crippen molar-refractivity contribution in [2.45, 2.75) is 19.9 Å². The van der Waals surface area contributed by atoms with E-state index in [-0.39, 0.29) is 6.71 Å². The van der Waals surface area contributed by atoms with Crippen LogP contribution in [0.3, 0.4) is 0 Å². The summed E-state index contributed by atoms with van der Waals surface area (Å²) in [6.07, 6.45) is -1.36. The Balaban J connectivity index is 1.46. The zero-order valence-corrected chi connectivity index (χ0v) is 20.9. The van der Waals surface area contributed by atoms with Crippen molar-refractivity contribution in [3.8, 4) is 16.9 Å². The summed E-state index contributed by atoms with van der Waals surface area (Å²) in [4.78, 5) is 8.89. The topological polar surface area (TPSA) is 30.7 Å². The van der Waals surface area contributed by atoms with Gasteiger partial charge in [-0.2, -0.15) is 13.2 Å². The van der Waals surface area contributed by atoms with Gasteiger partial charge in [-0.15, -0.1) is 0 Å². The third kappa shape index (κ3) is 4.24. The highest BCUT2D eigenvalue weighted by molar-refractivity contribution is 6.83. The Bertz CT molecular complexity index is 1810. The second-order valence-corrected chi connectivity index (χ2v) is 9.59. The summed E-state index contributed by atoms with van der Waals surface area (Å²) >= 11 is 0. The van der Waals surface area contributed by atoms with Gasteiger partial charge in [0.05, 0.1) is 16.6 Å². The summed E-state index contributed by atoms with van der Waals surface area (Å²) in [7, 11) is 0. The van der Waals surface area contributed by atoms with E-state index in [1.165, 1.54) is 6.20 Å². The molecule has 3 nitrogen and oxygen atoms in total. The fourth-order valence-corrected chi connectivity index (χ4v) is 5.06. The number of para-hydroxylation sites is 1. The smallest absolute Gasteiger partial charge is 0.294 e. The van der Waals surface area contributed by atoms with Crippen molar-refractivity contribution in [3.05, 3.63) is 115 Å². The highest BCUT2D eigenvalue weighted by atomic mass is 19.4.